The summed E-state index contributed by atoms with van der Waals surface area (Å²) in [5.74, 6) is -0.793. The largest absolute Gasteiger partial charge is 0.464 e. The van der Waals surface area contributed by atoms with Crippen LogP contribution in [0.15, 0.2) is 35.5 Å². The molecule has 5 rings (SSSR count). The number of Topliss-reactive ketones (excluding diaryl/α,β-unsaturated/α-hetero) is 1. The molecule has 0 aliphatic carbocycles. The van der Waals surface area contributed by atoms with Gasteiger partial charge in [0.1, 0.15) is 22.4 Å². The van der Waals surface area contributed by atoms with Crippen LogP contribution in [0.4, 0.5) is 9.59 Å². The summed E-state index contributed by atoms with van der Waals surface area (Å²) in [7, 11) is 1.25. The molecule has 2 unspecified atom stereocenters. The summed E-state index contributed by atoms with van der Waals surface area (Å²) in [6.07, 6.45) is 7.21. The number of hydrogen-bond donors (Lipinski definition) is 1. The number of aromatic amines is 1. The van der Waals surface area contributed by atoms with Crippen molar-refractivity contribution in [1.82, 2.24) is 23.8 Å². The van der Waals surface area contributed by atoms with Crippen LogP contribution in [0.3, 0.4) is 0 Å². The number of esters is 1. The maximum Gasteiger partial charge on any atom is 0.410 e. The summed E-state index contributed by atoms with van der Waals surface area (Å²) in [6.45, 7) is 11.9. The van der Waals surface area contributed by atoms with Crippen molar-refractivity contribution in [3.63, 3.8) is 0 Å². The Balaban J connectivity index is 0.000000217. The van der Waals surface area contributed by atoms with Gasteiger partial charge in [0.15, 0.2) is 5.78 Å². The molecule has 0 saturated carbocycles. The quantitative estimate of drug-likeness (QED) is 0.242. The van der Waals surface area contributed by atoms with Gasteiger partial charge in [0.05, 0.1) is 41.5 Å². The zero-order valence-electron chi connectivity index (χ0n) is 28.3. The van der Waals surface area contributed by atoms with Crippen LogP contribution in [-0.4, -0.2) is 85.1 Å². The molecule has 2 aliphatic heterocycles. The van der Waals surface area contributed by atoms with Crippen molar-refractivity contribution in [2.45, 2.75) is 97.1 Å². The predicted octanol–water partition coefficient (Wildman–Crippen LogP) is 6.25. The van der Waals surface area contributed by atoms with E-state index in [0.717, 1.165) is 19.3 Å². The van der Waals surface area contributed by atoms with E-state index >= 15 is 0 Å². The van der Waals surface area contributed by atoms with E-state index in [2.05, 4.69) is 4.98 Å². The molecule has 0 radical (unpaired) electrons. The molecule has 0 aromatic carbocycles. The Kier molecular flexibility index (Phi) is 11.3. The summed E-state index contributed by atoms with van der Waals surface area (Å²) in [5, 5.41) is 0.628. The molecule has 2 amide bonds. The lowest BCUT2D eigenvalue weighted by molar-refractivity contribution is -0.124. The molecule has 3 aromatic heterocycles. The van der Waals surface area contributed by atoms with Crippen molar-refractivity contribution in [2.24, 2.45) is 0 Å². The average molecular weight is 709 g/mol. The van der Waals surface area contributed by atoms with E-state index in [4.69, 9.17) is 37.4 Å². The van der Waals surface area contributed by atoms with Gasteiger partial charge < -0.3 is 28.2 Å². The molecule has 2 atom stereocenters. The molecule has 0 spiro atoms. The summed E-state index contributed by atoms with van der Waals surface area (Å²) in [6, 6.07) is 2.45. The number of amides is 2. The number of ketones is 1. The van der Waals surface area contributed by atoms with Crippen LogP contribution in [0.2, 0.25) is 10.0 Å². The number of halogens is 2. The molecule has 2 saturated heterocycles. The van der Waals surface area contributed by atoms with Crippen LogP contribution in [0.5, 0.6) is 0 Å². The van der Waals surface area contributed by atoms with E-state index in [1.54, 1.807) is 48.5 Å². The van der Waals surface area contributed by atoms with Crippen LogP contribution in [0.1, 0.15) is 89.4 Å². The number of fused-ring (bicyclic) bond motifs is 1. The lowest BCUT2D eigenvalue weighted by atomic mass is 10.1. The van der Waals surface area contributed by atoms with Gasteiger partial charge in [-0.2, -0.15) is 0 Å². The molecule has 0 bridgehead atoms. The van der Waals surface area contributed by atoms with E-state index in [-0.39, 0.29) is 40.7 Å². The number of rotatable bonds is 5. The zero-order chi connectivity index (χ0) is 35.6. The molecule has 48 heavy (non-hydrogen) atoms. The minimum absolute atomic E-state index is 0.0683. The fourth-order valence-electron chi connectivity index (χ4n) is 5.73. The fraction of sp³-hybridized carbons (Fsp3) is 0.545. The van der Waals surface area contributed by atoms with Gasteiger partial charge in [0.2, 0.25) is 0 Å². The number of carbonyl (C=O) groups is 4. The first-order valence-corrected chi connectivity index (χ1v) is 16.5. The Morgan fingerprint density at radius 1 is 0.875 bits per heavy atom. The van der Waals surface area contributed by atoms with Gasteiger partial charge in [0.25, 0.3) is 5.56 Å². The maximum atomic E-state index is 12.7. The highest BCUT2D eigenvalue weighted by molar-refractivity contribution is 6.34. The van der Waals surface area contributed by atoms with E-state index in [9.17, 15) is 24.0 Å². The van der Waals surface area contributed by atoms with Gasteiger partial charge in [-0.15, -0.1) is 0 Å². The summed E-state index contributed by atoms with van der Waals surface area (Å²) in [4.78, 5) is 67.4. The summed E-state index contributed by atoms with van der Waals surface area (Å²) in [5.41, 5.74) is -0.197. The predicted molar refractivity (Wildman–Crippen MR) is 180 cm³/mol. The number of H-pyrrole nitrogens is 1. The first kappa shape index (κ1) is 36.9. The molecule has 2 fully saturated rings. The van der Waals surface area contributed by atoms with Crippen molar-refractivity contribution in [1.29, 1.82) is 0 Å². The number of nitrogens with zero attached hydrogens (tertiary/aromatic N) is 4. The zero-order valence-corrected chi connectivity index (χ0v) is 29.8. The normalized spacial score (nSPS) is 18.0. The van der Waals surface area contributed by atoms with Crippen LogP contribution < -0.4 is 5.56 Å². The van der Waals surface area contributed by atoms with Crippen LogP contribution in [0, 0.1) is 0 Å². The highest BCUT2D eigenvalue weighted by Crippen LogP contribution is 2.32. The van der Waals surface area contributed by atoms with Gasteiger partial charge >= 0.3 is 18.2 Å². The molecular weight excluding hydrogens is 665 g/mol. The third-order valence-electron chi connectivity index (χ3n) is 7.73. The van der Waals surface area contributed by atoms with Gasteiger partial charge in [-0.25, -0.2) is 14.4 Å². The third-order valence-corrected chi connectivity index (χ3v) is 8.34. The number of carbonyl (C=O) groups excluding carboxylic acids is 4. The molecule has 3 aromatic rings. The van der Waals surface area contributed by atoms with Gasteiger partial charge in [-0.1, -0.05) is 23.2 Å². The Hall–Kier alpha value is -3.97. The fourth-order valence-corrected chi connectivity index (χ4v) is 6.21. The number of hydrogen-bond acceptors (Lipinski definition) is 8. The van der Waals surface area contributed by atoms with E-state index in [0.29, 0.717) is 35.7 Å². The van der Waals surface area contributed by atoms with Gasteiger partial charge in [0, 0.05) is 31.7 Å². The number of aromatic nitrogens is 3. The highest BCUT2D eigenvalue weighted by Gasteiger charge is 2.37. The Morgan fingerprint density at radius 2 is 1.46 bits per heavy atom. The molecule has 15 heteroatoms. The number of methoxy groups -OCH3 is 1. The molecule has 13 nitrogen and oxygen atoms in total. The second-order valence-corrected chi connectivity index (χ2v) is 14.5. The van der Waals surface area contributed by atoms with Crippen LogP contribution in [0.25, 0.3) is 5.52 Å². The van der Waals surface area contributed by atoms with Gasteiger partial charge in [-0.05, 0) is 79.4 Å². The summed E-state index contributed by atoms with van der Waals surface area (Å²) >= 11 is 12.0. The number of nitrogens with one attached hydrogen (secondary N) is 1. The molecular formula is C33H43Cl2N5O8. The van der Waals surface area contributed by atoms with Crippen LogP contribution in [-0.2, 0) is 25.5 Å². The Morgan fingerprint density at radius 3 is 2.08 bits per heavy atom. The third kappa shape index (κ3) is 8.73. The lowest BCUT2D eigenvalue weighted by Gasteiger charge is -2.28. The molecule has 262 valence electrons. The molecule has 1 N–H and O–H groups in total. The summed E-state index contributed by atoms with van der Waals surface area (Å²) < 4.78 is 18.7. The smallest absolute Gasteiger partial charge is 0.410 e. The highest BCUT2D eigenvalue weighted by atomic mass is 35.5. The van der Waals surface area contributed by atoms with Gasteiger partial charge in [-0.3, -0.25) is 19.4 Å². The van der Waals surface area contributed by atoms with Crippen molar-refractivity contribution in [3.05, 3.63) is 62.5 Å². The minimum Gasteiger partial charge on any atom is -0.464 e. The van der Waals surface area contributed by atoms with Crippen molar-refractivity contribution >= 4 is 52.7 Å². The van der Waals surface area contributed by atoms with E-state index in [1.807, 2.05) is 27.0 Å². The first-order valence-electron chi connectivity index (χ1n) is 15.7. The standard InChI is InChI=1S/C17H23ClN2O5.C16H20ClN3O3/c1-17(2,3)25-16(23)20-8-5-6-12(20)13(21)10-19-9-7-11(18)14(19)15(22)24-4;1-16(2,3)23-15(22)20-7-4-5-12(20)11-9-19-8-6-10(17)13(19)14(21)18-11/h7,9,12H,5-6,8,10H2,1-4H3;6,8-9,12H,4-5,7H2,1-3H3,(H,18,21). The lowest BCUT2D eigenvalue weighted by Crippen LogP contribution is -2.44. The van der Waals surface area contributed by atoms with Crippen molar-refractivity contribution < 1.29 is 33.4 Å². The number of likely N-dealkylation sites (tertiary alicyclic amines) is 2. The van der Waals surface area contributed by atoms with E-state index < -0.39 is 29.3 Å². The van der Waals surface area contributed by atoms with E-state index in [1.165, 1.54) is 22.6 Å². The maximum absolute atomic E-state index is 12.7. The average Bonchev–Trinajstić information content (AvgIpc) is 3.78. The second kappa shape index (κ2) is 14.7. The number of ether oxygens (including phenoxy) is 3. The molecule has 2 aliphatic rings. The molecule has 5 heterocycles. The Bertz CT molecular complexity index is 1730. The topological polar surface area (TPSA) is 145 Å². The monoisotopic (exact) mass is 707 g/mol. The van der Waals surface area contributed by atoms with Crippen LogP contribution >= 0.6 is 23.2 Å². The van der Waals surface area contributed by atoms with Crippen molar-refractivity contribution in [2.75, 3.05) is 20.2 Å². The van der Waals surface area contributed by atoms with Crippen molar-refractivity contribution in [3.8, 4) is 0 Å². The second-order valence-electron chi connectivity index (χ2n) is 13.7. The minimum atomic E-state index is -0.626. The SMILES string of the molecule is CC(C)(C)OC(=O)N1CCCC1c1cn2ccc(Cl)c2c(=O)[nH]1.COC(=O)c1c(Cl)ccn1CC(=O)C1CCCN1C(=O)OC(C)(C)C. The first-order chi connectivity index (χ1) is 22.4. The Labute approximate surface area is 289 Å².